The number of nitrogens with one attached hydrogen (secondary N) is 3. The lowest BCUT2D eigenvalue weighted by molar-refractivity contribution is -0.147. The van der Waals surface area contributed by atoms with Gasteiger partial charge in [-0.15, -0.1) is 0 Å². The fourth-order valence-electron chi connectivity index (χ4n) is 8.62. The topological polar surface area (TPSA) is 299 Å². The van der Waals surface area contributed by atoms with Crippen molar-refractivity contribution in [2.45, 2.75) is 62.2 Å². The number of nitrogens with two attached hydrogens (primary N) is 1. The van der Waals surface area contributed by atoms with E-state index in [4.69, 9.17) is 14.8 Å². The molecule has 0 fully saturated rings. The van der Waals surface area contributed by atoms with Gasteiger partial charge in [0.2, 0.25) is 11.6 Å². The van der Waals surface area contributed by atoms with E-state index in [-0.39, 0.29) is 80.7 Å². The van der Waals surface area contributed by atoms with Gasteiger partial charge in [-0.25, -0.2) is 41.4 Å². The molecule has 5 aromatic heterocycles. The number of nitrogens with zero attached hydrogens (tertiary/aromatic N) is 8. The van der Waals surface area contributed by atoms with Crippen molar-refractivity contribution in [2.24, 2.45) is 5.73 Å². The second-order valence-electron chi connectivity index (χ2n) is 18.4. The molecule has 0 bridgehead atoms. The van der Waals surface area contributed by atoms with E-state index in [9.17, 15) is 57.6 Å². The average molecular weight is 1200 g/mol. The third-order valence-electron chi connectivity index (χ3n) is 13.0. The fourth-order valence-corrected chi connectivity index (χ4v) is 10.4. The largest absolute Gasteiger partial charge is 0.449 e. The molecule has 21 nitrogen and oxygen atoms in total. The van der Waals surface area contributed by atoms with Gasteiger partial charge in [0, 0.05) is 35.3 Å². The molecule has 29 heteroatoms. The maximum absolute atomic E-state index is 13.9. The summed E-state index contributed by atoms with van der Waals surface area (Å²) in [5.74, 6) is -3.75. The molecule has 0 spiro atoms. The fraction of sp³-hybridized carbons (Fsp3) is 0.182. The van der Waals surface area contributed by atoms with Gasteiger partial charge >= 0.3 is 12.4 Å². The van der Waals surface area contributed by atoms with Gasteiger partial charge in [-0.1, -0.05) is 62.4 Å². The number of carbonyl (C=O) groups excluding carboxylic acids is 3. The number of amides is 3. The first kappa shape index (κ1) is 58.9. The van der Waals surface area contributed by atoms with Crippen molar-refractivity contribution in [3.8, 4) is 0 Å². The van der Waals surface area contributed by atoms with Gasteiger partial charge in [0.25, 0.3) is 17.7 Å². The van der Waals surface area contributed by atoms with Crippen LogP contribution < -0.4 is 16.4 Å². The number of rotatable bonds is 15. The number of hydrogen-bond donors (Lipinski definition) is 4. The summed E-state index contributed by atoms with van der Waals surface area (Å²) >= 11 is 0. The smallest absolute Gasteiger partial charge is 0.443 e. The summed E-state index contributed by atoms with van der Waals surface area (Å²) in [6, 6.07) is 30.5. The number of aromatic amines is 1. The molecular formula is C55H46F6N12O9S2. The maximum atomic E-state index is 13.9. The summed E-state index contributed by atoms with van der Waals surface area (Å²) in [6.45, 7) is 2.96. The molecule has 0 aliphatic rings. The van der Waals surface area contributed by atoms with E-state index in [0.717, 1.165) is 9.13 Å². The second kappa shape index (κ2) is 24.0. The van der Waals surface area contributed by atoms with Gasteiger partial charge in [-0.3, -0.25) is 14.4 Å². The number of para-hydroxylation sites is 1. The molecule has 434 valence electrons. The first-order valence-corrected chi connectivity index (χ1v) is 28.4. The predicted molar refractivity (Wildman–Crippen MR) is 291 cm³/mol. The molecule has 0 radical (unpaired) electrons. The number of benzene rings is 6. The number of halogens is 6. The predicted octanol–water partition coefficient (Wildman–Crippen LogP) is 8.84. The highest BCUT2D eigenvalue weighted by Crippen LogP contribution is 2.35. The van der Waals surface area contributed by atoms with E-state index >= 15 is 0 Å². The van der Waals surface area contributed by atoms with E-state index in [2.05, 4.69) is 45.9 Å². The summed E-state index contributed by atoms with van der Waals surface area (Å²) in [5, 5.41) is 12.9. The number of H-pyrrole nitrogens is 1. The Morgan fingerprint density at radius 2 is 1.11 bits per heavy atom. The number of primary amides is 1. The first-order chi connectivity index (χ1) is 39.9. The molecule has 5 N–H and O–H groups in total. The molecule has 11 rings (SSSR count). The number of oxazole rings is 1. The zero-order valence-corrected chi connectivity index (χ0v) is 45.6. The van der Waals surface area contributed by atoms with Gasteiger partial charge in [-0.2, -0.15) is 26.3 Å². The molecule has 11 aromatic rings. The first-order valence-electron chi connectivity index (χ1n) is 25.1. The minimum absolute atomic E-state index is 0.00422. The van der Waals surface area contributed by atoms with Crippen molar-refractivity contribution in [3.63, 3.8) is 0 Å². The average Bonchev–Trinajstić information content (AvgIpc) is 4.40. The van der Waals surface area contributed by atoms with Gasteiger partial charge < -0.3 is 34.9 Å². The molecule has 84 heavy (non-hydrogen) atoms. The summed E-state index contributed by atoms with van der Waals surface area (Å²) in [5.41, 5.74) is 9.85. The van der Waals surface area contributed by atoms with Crippen molar-refractivity contribution in [1.82, 2.24) is 55.0 Å². The lowest BCUT2D eigenvalue weighted by atomic mass is 10.1. The quantitative estimate of drug-likeness (QED) is 0.0697. The lowest BCUT2D eigenvalue weighted by Gasteiger charge is -2.12. The monoisotopic (exact) mass is 1200 g/mol. The number of sulfone groups is 2. The van der Waals surface area contributed by atoms with Gasteiger partial charge in [0.1, 0.15) is 22.2 Å². The highest BCUT2D eigenvalue weighted by molar-refractivity contribution is 7.91. The highest BCUT2D eigenvalue weighted by atomic mass is 32.2. The van der Waals surface area contributed by atoms with Crippen LogP contribution in [0.3, 0.4) is 0 Å². The van der Waals surface area contributed by atoms with Crippen molar-refractivity contribution in [2.75, 3.05) is 11.5 Å². The molecule has 0 atom stereocenters. The summed E-state index contributed by atoms with van der Waals surface area (Å²) in [4.78, 5) is 53.9. The third-order valence-corrected chi connectivity index (χ3v) is 16.5. The molecule has 6 aromatic carbocycles. The van der Waals surface area contributed by atoms with Gasteiger partial charge in [0.05, 0.1) is 69.0 Å². The Balaban J connectivity index is 0.000000178. The van der Waals surface area contributed by atoms with Crippen LogP contribution in [0.1, 0.15) is 79.0 Å². The summed E-state index contributed by atoms with van der Waals surface area (Å²) < 4.78 is 143. The molecule has 0 saturated heterocycles. The van der Waals surface area contributed by atoms with Crippen LogP contribution in [0.2, 0.25) is 0 Å². The molecule has 0 aliphatic heterocycles. The molecule has 0 unspecified atom stereocenters. The standard InChI is InChI=1S/C26H21F3N4O4S.C25H20F3N5O4S.C4H5N3O/c1-2-38(35,36)19-9-6-16(7-10-19)13-30-24(34)17-8-11-22-21(12-17)32-25(26(27,28)29)33(22)14-18-4-3-5-20-23(18)37-15-31-20;1-2-38(35,36)18-9-6-15(7-10-18)13-29-23(34)16-8-11-21-20(12-16)30-24(25(26,27)28)33(21)14-17-4-3-5-19-22(17)32-37-31-19;5-4(8)3-1-6-2-7-3/h3-12,15H,2,13-14H2,1H3,(H,30,34);3-12H,2,13-14H2,1H3,(H,29,34);1-2H,(H2,5,8)(H,6,7). The Hall–Kier alpha value is -9.77. The van der Waals surface area contributed by atoms with Crippen LogP contribution in [0.15, 0.2) is 159 Å². The Morgan fingerprint density at radius 3 is 1.56 bits per heavy atom. The normalized spacial score (nSPS) is 12.0. The van der Waals surface area contributed by atoms with E-state index < -0.39 is 61.4 Å². The molecule has 5 heterocycles. The summed E-state index contributed by atoms with van der Waals surface area (Å²) in [6.07, 6.45) is -5.46. The van der Waals surface area contributed by atoms with Crippen molar-refractivity contribution < 1.29 is 66.6 Å². The van der Waals surface area contributed by atoms with E-state index in [1.807, 2.05) is 0 Å². The van der Waals surface area contributed by atoms with Gasteiger partial charge in [-0.05, 0) is 94.2 Å². The van der Waals surface area contributed by atoms with Crippen LogP contribution in [0.25, 0.3) is 44.2 Å². The molecular weight excluding hydrogens is 1150 g/mol. The maximum Gasteiger partial charge on any atom is 0.449 e. The van der Waals surface area contributed by atoms with E-state index in [1.54, 1.807) is 74.5 Å². The highest BCUT2D eigenvalue weighted by Gasteiger charge is 2.39. The SMILES string of the molecule is CCS(=O)(=O)c1ccc(CNC(=O)c2ccc3c(c2)nc(C(F)(F)F)n3Cc2cccc3ncoc23)cc1.CCS(=O)(=O)c1ccc(CNC(=O)c2ccc3c(c2)nc(C(F)(F)F)n3Cc2cccc3nonc23)cc1.NC(=O)c1cnc[nH]1. The minimum atomic E-state index is -4.74. The van der Waals surface area contributed by atoms with Crippen LogP contribution >= 0.6 is 0 Å². The van der Waals surface area contributed by atoms with Crippen LogP contribution in [0, 0.1) is 0 Å². The number of imidazole rings is 3. The molecule has 0 saturated carbocycles. The van der Waals surface area contributed by atoms with Crippen LogP contribution in [-0.2, 0) is 58.2 Å². The van der Waals surface area contributed by atoms with Crippen LogP contribution in [0.5, 0.6) is 0 Å². The Bertz CT molecular complexity index is 4190. The van der Waals surface area contributed by atoms with Crippen molar-refractivity contribution in [1.29, 1.82) is 0 Å². The zero-order valence-electron chi connectivity index (χ0n) is 43.9. The minimum Gasteiger partial charge on any atom is -0.443 e. The van der Waals surface area contributed by atoms with Crippen LogP contribution in [0.4, 0.5) is 26.3 Å². The van der Waals surface area contributed by atoms with E-state index in [1.165, 1.54) is 79.6 Å². The van der Waals surface area contributed by atoms with Gasteiger partial charge in [0.15, 0.2) is 31.7 Å². The number of fused-ring (bicyclic) bond motifs is 4. The van der Waals surface area contributed by atoms with Crippen molar-refractivity contribution >= 4 is 81.6 Å². The summed E-state index contributed by atoms with van der Waals surface area (Å²) in [7, 11) is -6.67. The van der Waals surface area contributed by atoms with Crippen molar-refractivity contribution in [3.05, 3.63) is 191 Å². The number of alkyl halides is 6. The van der Waals surface area contributed by atoms with E-state index in [0.29, 0.717) is 50.1 Å². The molecule has 3 amide bonds. The Morgan fingerprint density at radius 1 is 0.619 bits per heavy atom. The zero-order chi connectivity index (χ0) is 60.1. The number of carbonyl (C=O) groups is 3. The third kappa shape index (κ3) is 13.1. The van der Waals surface area contributed by atoms with Crippen LogP contribution in [-0.4, -0.2) is 90.4 Å². The lowest BCUT2D eigenvalue weighted by Crippen LogP contribution is -2.22. The molecule has 0 aliphatic carbocycles. The Labute approximate surface area is 471 Å². The number of hydrogen-bond acceptors (Lipinski definition) is 15. The number of aromatic nitrogens is 9. The second-order valence-corrected chi connectivity index (χ2v) is 23.0. The Kier molecular flexibility index (Phi) is 16.8.